The Labute approximate surface area is 119 Å². The minimum absolute atomic E-state index is 0.147. The van der Waals surface area contributed by atoms with Crippen LogP contribution in [0.25, 0.3) is 0 Å². The number of halogens is 3. The van der Waals surface area contributed by atoms with Crippen molar-refractivity contribution in [1.82, 2.24) is 4.98 Å². The summed E-state index contributed by atoms with van der Waals surface area (Å²) in [5.74, 6) is -0.505. The van der Waals surface area contributed by atoms with Gasteiger partial charge in [-0.15, -0.1) is 0 Å². The van der Waals surface area contributed by atoms with Crippen molar-refractivity contribution >= 4 is 11.6 Å². The highest BCUT2D eigenvalue weighted by Gasteiger charge is 2.28. The van der Waals surface area contributed by atoms with Gasteiger partial charge >= 0.3 is 6.18 Å². The van der Waals surface area contributed by atoms with E-state index < -0.39 is 12.8 Å². The van der Waals surface area contributed by atoms with Crippen LogP contribution in [0, 0.1) is 5.92 Å². The van der Waals surface area contributed by atoms with Crippen molar-refractivity contribution in [2.45, 2.75) is 19.0 Å². The molecule has 0 bridgehead atoms. The van der Waals surface area contributed by atoms with Crippen LogP contribution in [-0.2, 0) is 9.53 Å². The van der Waals surface area contributed by atoms with E-state index in [2.05, 4.69) is 15.0 Å². The molecule has 1 aliphatic rings. The molecule has 8 heteroatoms. The zero-order valence-electron chi connectivity index (χ0n) is 11.2. The number of carbonyl (C=O) groups is 1. The van der Waals surface area contributed by atoms with Crippen molar-refractivity contribution in [3.05, 3.63) is 18.3 Å². The second-order valence-corrected chi connectivity index (χ2v) is 4.66. The van der Waals surface area contributed by atoms with E-state index in [-0.39, 0.29) is 17.7 Å². The van der Waals surface area contributed by atoms with Gasteiger partial charge in [-0.05, 0) is 18.9 Å². The fraction of sp³-hybridized carbons (Fsp3) is 0.538. The summed E-state index contributed by atoms with van der Waals surface area (Å²) < 4.78 is 45.9. The molecule has 1 amide bonds. The molecule has 21 heavy (non-hydrogen) atoms. The Balaban J connectivity index is 1.92. The Morgan fingerprint density at radius 3 is 2.81 bits per heavy atom. The molecule has 2 rings (SSSR count). The van der Waals surface area contributed by atoms with Gasteiger partial charge in [-0.25, -0.2) is 4.98 Å². The number of hydrogen-bond acceptors (Lipinski definition) is 4. The number of hydrogen-bond donors (Lipinski definition) is 1. The first kappa shape index (κ1) is 15.6. The Bertz CT molecular complexity index is 488. The molecule has 1 saturated heterocycles. The lowest BCUT2D eigenvalue weighted by molar-refractivity contribution is -0.154. The number of amides is 1. The summed E-state index contributed by atoms with van der Waals surface area (Å²) in [7, 11) is 0. The first-order chi connectivity index (χ1) is 9.94. The number of carbonyl (C=O) groups excluding carboxylic acids is 1. The van der Waals surface area contributed by atoms with Gasteiger partial charge in [0, 0.05) is 37.1 Å². The average molecular weight is 304 g/mol. The Morgan fingerprint density at radius 2 is 2.14 bits per heavy atom. The highest BCUT2D eigenvalue weighted by atomic mass is 19.4. The Kier molecular flexibility index (Phi) is 5.00. The van der Waals surface area contributed by atoms with Crippen molar-refractivity contribution in [2.24, 2.45) is 5.92 Å². The van der Waals surface area contributed by atoms with Crippen LogP contribution in [0.3, 0.4) is 0 Å². The quantitative estimate of drug-likeness (QED) is 0.928. The van der Waals surface area contributed by atoms with Crippen LogP contribution in [0.5, 0.6) is 5.88 Å². The number of anilines is 1. The van der Waals surface area contributed by atoms with Crippen LogP contribution in [0.4, 0.5) is 18.9 Å². The van der Waals surface area contributed by atoms with E-state index in [4.69, 9.17) is 4.74 Å². The van der Waals surface area contributed by atoms with E-state index in [0.717, 1.165) is 0 Å². The summed E-state index contributed by atoms with van der Waals surface area (Å²) in [4.78, 5) is 15.7. The van der Waals surface area contributed by atoms with Crippen LogP contribution < -0.4 is 10.1 Å². The maximum atomic E-state index is 12.1. The molecule has 0 radical (unpaired) electrons. The van der Waals surface area contributed by atoms with Gasteiger partial charge < -0.3 is 14.8 Å². The molecule has 116 valence electrons. The summed E-state index contributed by atoms with van der Waals surface area (Å²) in [6.07, 6.45) is -1.88. The summed E-state index contributed by atoms with van der Waals surface area (Å²) in [6.45, 7) is -0.347. The van der Waals surface area contributed by atoms with Gasteiger partial charge in [0.2, 0.25) is 11.8 Å². The van der Waals surface area contributed by atoms with Gasteiger partial charge in [0.05, 0.1) is 0 Å². The predicted molar refractivity (Wildman–Crippen MR) is 68.0 cm³/mol. The van der Waals surface area contributed by atoms with E-state index in [1.165, 1.54) is 18.3 Å². The van der Waals surface area contributed by atoms with Crippen molar-refractivity contribution in [3.8, 4) is 5.88 Å². The number of ether oxygens (including phenoxy) is 2. The summed E-state index contributed by atoms with van der Waals surface area (Å²) >= 11 is 0. The largest absolute Gasteiger partial charge is 0.468 e. The fourth-order valence-corrected chi connectivity index (χ4v) is 1.93. The van der Waals surface area contributed by atoms with Gasteiger partial charge in [0.15, 0.2) is 6.61 Å². The Hall–Kier alpha value is -1.83. The number of pyridine rings is 1. The first-order valence-corrected chi connectivity index (χ1v) is 6.48. The molecule has 1 N–H and O–H groups in total. The number of rotatable bonds is 4. The van der Waals surface area contributed by atoms with Crippen molar-refractivity contribution in [3.63, 3.8) is 0 Å². The lowest BCUT2D eigenvalue weighted by atomic mass is 9.99. The molecular weight excluding hydrogens is 289 g/mol. The highest BCUT2D eigenvalue weighted by molar-refractivity contribution is 5.92. The van der Waals surface area contributed by atoms with Crippen LogP contribution in [0.2, 0.25) is 0 Å². The normalized spacial score (nSPS) is 16.5. The molecule has 1 aromatic rings. The molecule has 0 spiro atoms. The average Bonchev–Trinajstić information content (AvgIpc) is 2.46. The summed E-state index contributed by atoms with van der Waals surface area (Å²) in [5, 5.41) is 2.65. The third-order valence-electron chi connectivity index (χ3n) is 2.98. The SMILES string of the molecule is O=C(Nc1ccnc(OCC(F)(F)F)c1)C1CCOCC1. The highest BCUT2D eigenvalue weighted by Crippen LogP contribution is 2.21. The number of nitrogens with zero attached hydrogens (tertiary/aromatic N) is 1. The van der Waals surface area contributed by atoms with Crippen LogP contribution in [-0.4, -0.2) is 36.9 Å². The molecule has 0 saturated carbocycles. The molecule has 0 aromatic carbocycles. The smallest absolute Gasteiger partial charge is 0.422 e. The zero-order chi connectivity index (χ0) is 15.3. The third-order valence-corrected chi connectivity index (χ3v) is 2.98. The second kappa shape index (κ2) is 6.75. The minimum Gasteiger partial charge on any atom is -0.468 e. The molecule has 0 aliphatic carbocycles. The van der Waals surface area contributed by atoms with Crippen LogP contribution in [0.1, 0.15) is 12.8 Å². The minimum atomic E-state index is -4.43. The van der Waals surface area contributed by atoms with Gasteiger partial charge in [0.25, 0.3) is 0 Å². The third kappa shape index (κ3) is 5.22. The lowest BCUT2D eigenvalue weighted by Crippen LogP contribution is -2.28. The van der Waals surface area contributed by atoms with Gasteiger partial charge in [-0.1, -0.05) is 0 Å². The second-order valence-electron chi connectivity index (χ2n) is 4.66. The van der Waals surface area contributed by atoms with Gasteiger partial charge in [-0.3, -0.25) is 4.79 Å². The molecule has 1 aliphatic heterocycles. The number of alkyl halides is 3. The van der Waals surface area contributed by atoms with Gasteiger partial charge in [0.1, 0.15) is 0 Å². The molecule has 1 aromatic heterocycles. The number of aromatic nitrogens is 1. The molecule has 0 unspecified atom stereocenters. The van der Waals surface area contributed by atoms with E-state index in [9.17, 15) is 18.0 Å². The van der Waals surface area contributed by atoms with Crippen LogP contribution in [0.15, 0.2) is 18.3 Å². The molecule has 1 fully saturated rings. The van der Waals surface area contributed by atoms with E-state index in [1.807, 2.05) is 0 Å². The topological polar surface area (TPSA) is 60.5 Å². The standard InChI is InChI=1S/C13H15F3N2O3/c14-13(15,16)8-21-11-7-10(1-4-17-11)18-12(19)9-2-5-20-6-3-9/h1,4,7,9H,2-3,5-6,8H2,(H,17,18,19). The first-order valence-electron chi connectivity index (χ1n) is 6.48. The van der Waals surface area contributed by atoms with E-state index in [0.29, 0.717) is 31.7 Å². The fourth-order valence-electron chi connectivity index (χ4n) is 1.93. The Morgan fingerprint density at radius 1 is 1.43 bits per heavy atom. The molecule has 2 heterocycles. The number of nitrogens with one attached hydrogen (secondary N) is 1. The molecule has 0 atom stereocenters. The zero-order valence-corrected chi connectivity index (χ0v) is 11.2. The van der Waals surface area contributed by atoms with Crippen LogP contribution >= 0.6 is 0 Å². The van der Waals surface area contributed by atoms with Crippen molar-refractivity contribution in [2.75, 3.05) is 25.1 Å². The van der Waals surface area contributed by atoms with Crippen molar-refractivity contribution in [1.29, 1.82) is 0 Å². The van der Waals surface area contributed by atoms with Crippen molar-refractivity contribution < 1.29 is 27.4 Å². The molecular formula is C13H15F3N2O3. The lowest BCUT2D eigenvalue weighted by Gasteiger charge is -2.21. The maximum absolute atomic E-state index is 12.1. The summed E-state index contributed by atoms with van der Waals surface area (Å²) in [5.41, 5.74) is 0.360. The summed E-state index contributed by atoms with van der Waals surface area (Å²) in [6, 6.07) is 2.76. The van der Waals surface area contributed by atoms with Gasteiger partial charge in [-0.2, -0.15) is 13.2 Å². The van der Waals surface area contributed by atoms with E-state index in [1.54, 1.807) is 0 Å². The molecule has 5 nitrogen and oxygen atoms in total. The predicted octanol–water partition coefficient (Wildman–Crippen LogP) is 2.39. The van der Waals surface area contributed by atoms with E-state index >= 15 is 0 Å². The monoisotopic (exact) mass is 304 g/mol. The maximum Gasteiger partial charge on any atom is 0.422 e.